The standard InChI is InChI=1S/C21H22N2O4S2/c1-3-14-10-11-16(12-19(14)29(22,25)26)23-21(24)20-17(27-4-2)13-18(28-20)15-8-6-5-7-9-15/h5-13H,3-4H2,1-2H3,(H,23,24)(H2,22,25,26). The fraction of sp³-hybridized carbons (Fsp3) is 0.190. The van der Waals surface area contributed by atoms with Crippen LogP contribution in [0.5, 0.6) is 5.75 Å². The van der Waals surface area contributed by atoms with Crippen LogP contribution in [-0.2, 0) is 16.4 Å². The Balaban J connectivity index is 1.94. The first-order chi connectivity index (χ1) is 13.8. The van der Waals surface area contributed by atoms with Crippen molar-refractivity contribution in [1.29, 1.82) is 0 Å². The lowest BCUT2D eigenvalue weighted by Crippen LogP contribution is -2.16. The number of primary sulfonamides is 1. The third kappa shape index (κ3) is 4.84. The van der Waals surface area contributed by atoms with Gasteiger partial charge in [0.25, 0.3) is 5.91 Å². The number of benzene rings is 2. The lowest BCUT2D eigenvalue weighted by molar-refractivity contribution is 0.102. The highest BCUT2D eigenvalue weighted by atomic mass is 32.2. The van der Waals surface area contributed by atoms with E-state index in [-0.39, 0.29) is 10.8 Å². The molecule has 0 spiro atoms. The van der Waals surface area contributed by atoms with Crippen molar-refractivity contribution >= 4 is 33.0 Å². The zero-order valence-corrected chi connectivity index (χ0v) is 17.8. The monoisotopic (exact) mass is 430 g/mol. The van der Waals surface area contributed by atoms with E-state index >= 15 is 0 Å². The van der Waals surface area contributed by atoms with E-state index in [1.807, 2.05) is 50.2 Å². The van der Waals surface area contributed by atoms with Gasteiger partial charge in [-0.2, -0.15) is 0 Å². The highest BCUT2D eigenvalue weighted by molar-refractivity contribution is 7.89. The number of sulfonamides is 1. The molecule has 29 heavy (non-hydrogen) atoms. The molecule has 1 heterocycles. The van der Waals surface area contributed by atoms with Crippen molar-refractivity contribution in [1.82, 2.24) is 0 Å². The molecule has 3 rings (SSSR count). The predicted molar refractivity (Wildman–Crippen MR) is 116 cm³/mol. The van der Waals surface area contributed by atoms with Crippen LogP contribution in [0.25, 0.3) is 10.4 Å². The first kappa shape index (κ1) is 21.0. The molecular weight excluding hydrogens is 408 g/mol. The van der Waals surface area contributed by atoms with E-state index in [0.29, 0.717) is 34.9 Å². The Morgan fingerprint density at radius 2 is 1.83 bits per heavy atom. The van der Waals surface area contributed by atoms with Gasteiger partial charge in [-0.05, 0) is 42.7 Å². The number of anilines is 1. The highest BCUT2D eigenvalue weighted by Crippen LogP contribution is 2.37. The van der Waals surface area contributed by atoms with Crippen LogP contribution in [0.2, 0.25) is 0 Å². The Morgan fingerprint density at radius 3 is 2.45 bits per heavy atom. The molecule has 0 aliphatic carbocycles. The highest BCUT2D eigenvalue weighted by Gasteiger charge is 2.20. The quantitative estimate of drug-likeness (QED) is 0.585. The zero-order valence-electron chi connectivity index (χ0n) is 16.1. The molecule has 0 saturated heterocycles. The molecule has 3 N–H and O–H groups in total. The summed E-state index contributed by atoms with van der Waals surface area (Å²) in [5.74, 6) is 0.121. The molecule has 0 radical (unpaired) electrons. The Hall–Kier alpha value is -2.68. The van der Waals surface area contributed by atoms with Crippen LogP contribution in [-0.4, -0.2) is 20.9 Å². The summed E-state index contributed by atoms with van der Waals surface area (Å²) in [6, 6.07) is 16.3. The second-order valence-corrected chi connectivity index (χ2v) is 8.86. The molecule has 1 amide bonds. The molecule has 8 heteroatoms. The normalized spacial score (nSPS) is 11.3. The lowest BCUT2D eigenvalue weighted by atomic mass is 10.1. The van der Waals surface area contributed by atoms with E-state index in [9.17, 15) is 13.2 Å². The van der Waals surface area contributed by atoms with Crippen molar-refractivity contribution in [3.8, 4) is 16.2 Å². The van der Waals surface area contributed by atoms with Crippen molar-refractivity contribution in [3.63, 3.8) is 0 Å². The smallest absolute Gasteiger partial charge is 0.269 e. The second kappa shape index (κ2) is 8.77. The lowest BCUT2D eigenvalue weighted by Gasteiger charge is -2.10. The van der Waals surface area contributed by atoms with Crippen LogP contribution in [0.3, 0.4) is 0 Å². The number of carbonyl (C=O) groups excluding carboxylic acids is 1. The summed E-state index contributed by atoms with van der Waals surface area (Å²) in [6.45, 7) is 4.11. The van der Waals surface area contributed by atoms with Gasteiger partial charge in [0.15, 0.2) is 0 Å². The van der Waals surface area contributed by atoms with E-state index in [1.54, 1.807) is 12.1 Å². The first-order valence-electron chi connectivity index (χ1n) is 9.12. The first-order valence-corrected chi connectivity index (χ1v) is 11.5. The molecule has 1 aromatic heterocycles. The van der Waals surface area contributed by atoms with Crippen molar-refractivity contribution in [2.45, 2.75) is 25.2 Å². The minimum atomic E-state index is -3.89. The largest absolute Gasteiger partial charge is 0.492 e. The average molecular weight is 431 g/mol. The van der Waals surface area contributed by atoms with Crippen LogP contribution in [0.15, 0.2) is 59.5 Å². The number of hydrogen-bond donors (Lipinski definition) is 2. The van der Waals surface area contributed by atoms with Gasteiger partial charge in [0.2, 0.25) is 10.0 Å². The van der Waals surface area contributed by atoms with E-state index in [4.69, 9.17) is 9.88 Å². The molecule has 6 nitrogen and oxygen atoms in total. The summed E-state index contributed by atoms with van der Waals surface area (Å²) in [4.78, 5) is 14.2. The molecular formula is C21H22N2O4S2. The Morgan fingerprint density at radius 1 is 1.10 bits per heavy atom. The molecule has 0 bridgehead atoms. The Bertz CT molecular complexity index is 1120. The molecule has 0 saturated carbocycles. The predicted octanol–water partition coefficient (Wildman–Crippen LogP) is 4.28. The summed E-state index contributed by atoms with van der Waals surface area (Å²) in [6.07, 6.45) is 0.514. The average Bonchev–Trinajstić information content (AvgIpc) is 3.12. The molecule has 0 unspecified atom stereocenters. The van der Waals surface area contributed by atoms with Crippen LogP contribution in [0, 0.1) is 0 Å². The number of nitrogens with two attached hydrogens (primary N) is 1. The second-order valence-electron chi connectivity index (χ2n) is 6.28. The van der Waals surface area contributed by atoms with Gasteiger partial charge >= 0.3 is 0 Å². The van der Waals surface area contributed by atoms with Crippen LogP contribution in [0.1, 0.15) is 29.1 Å². The van der Waals surface area contributed by atoms with Gasteiger partial charge in [-0.1, -0.05) is 43.3 Å². The fourth-order valence-corrected chi connectivity index (χ4v) is 4.79. The molecule has 152 valence electrons. The molecule has 0 atom stereocenters. The number of hydrogen-bond acceptors (Lipinski definition) is 5. The van der Waals surface area contributed by atoms with E-state index in [0.717, 1.165) is 10.4 Å². The summed E-state index contributed by atoms with van der Waals surface area (Å²) in [5, 5.41) is 8.07. The number of aryl methyl sites for hydroxylation is 1. The van der Waals surface area contributed by atoms with Crippen molar-refractivity contribution in [2.75, 3.05) is 11.9 Å². The van der Waals surface area contributed by atoms with Crippen molar-refractivity contribution in [2.24, 2.45) is 5.14 Å². The van der Waals surface area contributed by atoms with E-state index in [1.165, 1.54) is 17.4 Å². The number of rotatable bonds is 7. The number of carbonyl (C=O) groups is 1. The zero-order chi connectivity index (χ0) is 21.0. The SMILES string of the molecule is CCOc1cc(-c2ccccc2)sc1C(=O)Nc1ccc(CC)c(S(N)(=O)=O)c1. The van der Waals surface area contributed by atoms with Gasteiger partial charge < -0.3 is 10.1 Å². The third-order valence-electron chi connectivity index (χ3n) is 4.27. The Labute approximate surface area is 174 Å². The van der Waals surface area contributed by atoms with Crippen molar-refractivity contribution in [3.05, 3.63) is 65.0 Å². The maximum Gasteiger partial charge on any atom is 0.269 e. The minimum absolute atomic E-state index is 0.0129. The number of nitrogens with one attached hydrogen (secondary N) is 1. The van der Waals surface area contributed by atoms with Crippen LogP contribution >= 0.6 is 11.3 Å². The molecule has 0 fully saturated rings. The third-order valence-corrected chi connectivity index (χ3v) is 6.43. The van der Waals surface area contributed by atoms with E-state index in [2.05, 4.69) is 5.32 Å². The number of ether oxygens (including phenoxy) is 1. The van der Waals surface area contributed by atoms with Gasteiger partial charge in [-0.15, -0.1) is 11.3 Å². The van der Waals surface area contributed by atoms with Crippen LogP contribution in [0.4, 0.5) is 5.69 Å². The molecule has 0 aliphatic heterocycles. The van der Waals surface area contributed by atoms with Gasteiger partial charge in [0.1, 0.15) is 10.6 Å². The maximum absolute atomic E-state index is 12.9. The molecule has 0 aliphatic rings. The molecule has 3 aromatic rings. The topological polar surface area (TPSA) is 98.5 Å². The number of amides is 1. The maximum atomic E-state index is 12.9. The van der Waals surface area contributed by atoms with Gasteiger partial charge in [0.05, 0.1) is 11.5 Å². The summed E-state index contributed by atoms with van der Waals surface area (Å²) in [7, 11) is -3.89. The summed E-state index contributed by atoms with van der Waals surface area (Å²) in [5.41, 5.74) is 1.94. The minimum Gasteiger partial charge on any atom is -0.492 e. The van der Waals surface area contributed by atoms with Gasteiger partial charge in [-0.25, -0.2) is 13.6 Å². The van der Waals surface area contributed by atoms with Crippen LogP contribution < -0.4 is 15.2 Å². The van der Waals surface area contributed by atoms with Gasteiger partial charge in [0, 0.05) is 10.6 Å². The summed E-state index contributed by atoms with van der Waals surface area (Å²) < 4.78 is 29.4. The van der Waals surface area contributed by atoms with Crippen molar-refractivity contribution < 1.29 is 17.9 Å². The molecule has 2 aromatic carbocycles. The van der Waals surface area contributed by atoms with Gasteiger partial charge in [-0.3, -0.25) is 4.79 Å². The number of thiophene rings is 1. The van der Waals surface area contributed by atoms with E-state index < -0.39 is 10.0 Å². The fourth-order valence-electron chi connectivity index (χ4n) is 2.92. The summed E-state index contributed by atoms with van der Waals surface area (Å²) >= 11 is 1.32. The Kier molecular flexibility index (Phi) is 6.36.